The molecule has 0 bridgehead atoms. The third-order valence-electron chi connectivity index (χ3n) is 5.59. The van der Waals surface area contributed by atoms with Crippen LogP contribution >= 0.6 is 0 Å². The molecule has 1 saturated heterocycles. The average Bonchev–Trinajstić information content (AvgIpc) is 3.26. The Bertz CT molecular complexity index is 871. The van der Waals surface area contributed by atoms with Crippen molar-refractivity contribution in [2.45, 2.75) is 51.1 Å². The van der Waals surface area contributed by atoms with Crippen LogP contribution in [0.15, 0.2) is 96.6 Å². The summed E-state index contributed by atoms with van der Waals surface area (Å²) in [6.45, 7) is 2.24. The van der Waals surface area contributed by atoms with Gasteiger partial charge in [0.05, 0.1) is 0 Å². The maximum absolute atomic E-state index is 6.59. The first kappa shape index (κ1) is 20.6. The summed E-state index contributed by atoms with van der Waals surface area (Å²) < 4.78 is 13.2. The minimum absolute atomic E-state index is 0.121. The Morgan fingerprint density at radius 1 is 0.700 bits per heavy atom. The van der Waals surface area contributed by atoms with E-state index in [1.807, 2.05) is 18.2 Å². The van der Waals surface area contributed by atoms with Gasteiger partial charge in [-0.3, -0.25) is 0 Å². The van der Waals surface area contributed by atoms with Crippen molar-refractivity contribution in [3.05, 3.63) is 113 Å². The molecule has 2 nitrogen and oxygen atoms in total. The normalized spacial score (nSPS) is 19.8. The van der Waals surface area contributed by atoms with Gasteiger partial charge in [-0.25, -0.2) is 0 Å². The second-order valence-electron chi connectivity index (χ2n) is 7.85. The van der Waals surface area contributed by atoms with Crippen molar-refractivity contribution >= 4 is 6.08 Å². The van der Waals surface area contributed by atoms with Gasteiger partial charge in [0.25, 0.3) is 0 Å². The maximum Gasteiger partial charge on any atom is 0.181 e. The van der Waals surface area contributed by atoms with Gasteiger partial charge in [0, 0.05) is 0 Å². The van der Waals surface area contributed by atoms with E-state index in [1.165, 1.54) is 24.0 Å². The van der Waals surface area contributed by atoms with Crippen LogP contribution in [-0.4, -0.2) is 6.29 Å². The van der Waals surface area contributed by atoms with Crippen LogP contribution in [0.4, 0.5) is 0 Å². The molecule has 1 heterocycles. The molecule has 0 saturated carbocycles. The highest BCUT2D eigenvalue weighted by Gasteiger charge is 2.39. The van der Waals surface area contributed by atoms with E-state index in [2.05, 4.69) is 85.8 Å². The highest BCUT2D eigenvalue weighted by molar-refractivity contribution is 5.53. The third kappa shape index (κ3) is 5.08. The lowest BCUT2D eigenvalue weighted by atomic mass is 9.99. The molecule has 0 unspecified atom stereocenters. The van der Waals surface area contributed by atoms with E-state index >= 15 is 0 Å². The summed E-state index contributed by atoms with van der Waals surface area (Å²) in [5.74, 6) is 0. The van der Waals surface area contributed by atoms with E-state index in [0.717, 1.165) is 24.0 Å². The average molecular weight is 399 g/mol. The highest BCUT2D eigenvalue weighted by Crippen LogP contribution is 2.45. The van der Waals surface area contributed by atoms with E-state index in [0.29, 0.717) is 0 Å². The van der Waals surface area contributed by atoms with Crippen molar-refractivity contribution in [2.24, 2.45) is 0 Å². The summed E-state index contributed by atoms with van der Waals surface area (Å²) in [6.07, 6.45) is 6.20. The SMILES string of the molecule is CCCCC/C(=C\c1ccccc1)C1O[C@H](c2ccccc2)[C@@H](c2ccccc2)O1. The molecule has 3 aromatic rings. The Morgan fingerprint density at radius 2 is 1.20 bits per heavy atom. The molecule has 1 aliphatic heterocycles. The summed E-state index contributed by atoms with van der Waals surface area (Å²) in [5, 5.41) is 0. The molecule has 0 amide bonds. The first-order chi connectivity index (χ1) is 14.8. The number of rotatable bonds is 8. The Kier molecular flexibility index (Phi) is 7.12. The standard InChI is InChI=1S/C28H30O2/c1-2-3-7-20-25(21-22-14-8-4-9-15-22)28-29-26(23-16-10-5-11-17-23)27(30-28)24-18-12-6-13-19-24/h4-6,8-19,21,26-28H,2-3,7,20H2,1H3/b25-21+/t26-,27-/m1/s1. The fourth-order valence-electron chi connectivity index (χ4n) is 4.01. The van der Waals surface area contributed by atoms with Crippen molar-refractivity contribution in [1.82, 2.24) is 0 Å². The number of hydrogen-bond donors (Lipinski definition) is 0. The van der Waals surface area contributed by atoms with E-state index in [9.17, 15) is 0 Å². The van der Waals surface area contributed by atoms with Crippen LogP contribution < -0.4 is 0 Å². The van der Waals surface area contributed by atoms with Gasteiger partial charge in [-0.15, -0.1) is 0 Å². The van der Waals surface area contributed by atoms with Crippen LogP contribution in [0.5, 0.6) is 0 Å². The topological polar surface area (TPSA) is 18.5 Å². The van der Waals surface area contributed by atoms with Crippen LogP contribution in [0.2, 0.25) is 0 Å². The first-order valence-electron chi connectivity index (χ1n) is 11.0. The maximum atomic E-state index is 6.59. The van der Waals surface area contributed by atoms with Gasteiger partial charge in [0.15, 0.2) is 6.29 Å². The van der Waals surface area contributed by atoms with Gasteiger partial charge < -0.3 is 9.47 Å². The molecule has 0 aromatic heterocycles. The van der Waals surface area contributed by atoms with E-state index in [-0.39, 0.29) is 18.5 Å². The number of hydrogen-bond acceptors (Lipinski definition) is 2. The molecule has 0 aliphatic carbocycles. The molecule has 0 N–H and O–H groups in total. The van der Waals surface area contributed by atoms with Crippen molar-refractivity contribution in [2.75, 3.05) is 0 Å². The molecule has 1 fully saturated rings. The van der Waals surface area contributed by atoms with Crippen molar-refractivity contribution in [3.63, 3.8) is 0 Å². The van der Waals surface area contributed by atoms with Crippen molar-refractivity contribution in [3.8, 4) is 0 Å². The molecule has 3 aromatic carbocycles. The smallest absolute Gasteiger partial charge is 0.181 e. The number of benzene rings is 3. The predicted octanol–water partition coefficient (Wildman–Crippen LogP) is 7.51. The fraction of sp³-hybridized carbons (Fsp3) is 0.286. The molecular weight excluding hydrogens is 368 g/mol. The predicted molar refractivity (Wildman–Crippen MR) is 123 cm³/mol. The molecule has 2 atom stereocenters. The van der Waals surface area contributed by atoms with Gasteiger partial charge in [0.2, 0.25) is 0 Å². The summed E-state index contributed by atoms with van der Waals surface area (Å²) in [4.78, 5) is 0. The lowest BCUT2D eigenvalue weighted by Gasteiger charge is -2.17. The van der Waals surface area contributed by atoms with E-state index < -0.39 is 0 Å². The quantitative estimate of drug-likeness (QED) is 0.366. The zero-order valence-electron chi connectivity index (χ0n) is 17.6. The Morgan fingerprint density at radius 3 is 1.70 bits per heavy atom. The minimum atomic E-state index is -0.336. The van der Waals surface area contributed by atoms with Gasteiger partial charge >= 0.3 is 0 Å². The van der Waals surface area contributed by atoms with Crippen LogP contribution in [0.25, 0.3) is 6.08 Å². The summed E-state index contributed by atoms with van der Waals surface area (Å²) >= 11 is 0. The zero-order valence-corrected chi connectivity index (χ0v) is 17.6. The lowest BCUT2D eigenvalue weighted by molar-refractivity contribution is -0.0394. The minimum Gasteiger partial charge on any atom is -0.338 e. The summed E-state index contributed by atoms with van der Waals surface area (Å²) in [5.41, 5.74) is 4.72. The molecule has 30 heavy (non-hydrogen) atoms. The second-order valence-corrected chi connectivity index (χ2v) is 7.85. The van der Waals surface area contributed by atoms with E-state index in [1.54, 1.807) is 0 Å². The molecule has 0 radical (unpaired) electrons. The molecule has 154 valence electrons. The molecule has 0 spiro atoms. The van der Waals surface area contributed by atoms with Crippen LogP contribution in [0, 0.1) is 0 Å². The van der Waals surface area contributed by atoms with Crippen LogP contribution in [0.1, 0.15) is 61.5 Å². The fourth-order valence-corrected chi connectivity index (χ4v) is 4.01. The molecule has 1 aliphatic rings. The number of unbranched alkanes of at least 4 members (excludes halogenated alkanes) is 2. The Labute approximate surface area is 180 Å². The van der Waals surface area contributed by atoms with Gasteiger partial charge in [-0.1, -0.05) is 117 Å². The van der Waals surface area contributed by atoms with Gasteiger partial charge in [0.1, 0.15) is 12.2 Å². The largest absolute Gasteiger partial charge is 0.338 e. The Balaban J connectivity index is 1.65. The molecular formula is C28H30O2. The van der Waals surface area contributed by atoms with Gasteiger partial charge in [-0.05, 0) is 35.1 Å². The number of ether oxygens (including phenoxy) is 2. The zero-order chi connectivity index (χ0) is 20.6. The van der Waals surface area contributed by atoms with Crippen molar-refractivity contribution < 1.29 is 9.47 Å². The highest BCUT2D eigenvalue weighted by atomic mass is 16.7. The van der Waals surface area contributed by atoms with Crippen LogP contribution in [-0.2, 0) is 9.47 Å². The lowest BCUT2D eigenvalue weighted by Crippen LogP contribution is -2.12. The molecule has 4 rings (SSSR count). The van der Waals surface area contributed by atoms with Gasteiger partial charge in [-0.2, -0.15) is 0 Å². The van der Waals surface area contributed by atoms with E-state index in [4.69, 9.17) is 9.47 Å². The monoisotopic (exact) mass is 398 g/mol. The second kappa shape index (κ2) is 10.4. The van der Waals surface area contributed by atoms with Crippen molar-refractivity contribution in [1.29, 1.82) is 0 Å². The van der Waals surface area contributed by atoms with Crippen LogP contribution in [0.3, 0.4) is 0 Å². The third-order valence-corrected chi connectivity index (χ3v) is 5.59. The summed E-state index contributed by atoms with van der Waals surface area (Å²) in [7, 11) is 0. The molecule has 2 heteroatoms. The first-order valence-corrected chi connectivity index (χ1v) is 11.0. The summed E-state index contributed by atoms with van der Waals surface area (Å²) in [6, 6.07) is 31.3. The Hall–Kier alpha value is -2.68.